The minimum Gasteiger partial charge on any atom is -0.386 e. The number of aliphatic hydroxyl groups excluding tert-OH is 1. The molecule has 1 N–H and O–H groups in total. The number of rotatable bonds is 8. The van der Waals surface area contributed by atoms with Crippen LogP contribution in [0.1, 0.15) is 67.2 Å². The molecule has 3 aromatic carbocycles. The number of aryl methyl sites for hydroxylation is 1. The number of benzene rings is 3. The molecule has 4 heteroatoms. The molecule has 1 atom stereocenters. The van der Waals surface area contributed by atoms with Crippen molar-refractivity contribution in [3.05, 3.63) is 125 Å². The van der Waals surface area contributed by atoms with Gasteiger partial charge in [0.25, 0.3) is 0 Å². The topological polar surface area (TPSA) is 61.8 Å². The molecule has 4 nitrogen and oxygen atoms in total. The molecule has 172 valence electrons. The number of nitrogens with zero attached hydrogens (tertiary/aromatic N) is 3. The third-order valence-electron chi connectivity index (χ3n) is 6.38. The van der Waals surface area contributed by atoms with E-state index in [1.54, 1.807) is 0 Å². The van der Waals surface area contributed by atoms with Crippen LogP contribution < -0.4 is 0 Å². The van der Waals surface area contributed by atoms with E-state index >= 15 is 0 Å². The van der Waals surface area contributed by atoms with Gasteiger partial charge in [0.2, 0.25) is 0 Å². The van der Waals surface area contributed by atoms with E-state index in [-0.39, 0.29) is 5.92 Å². The number of imidazole rings is 1. The Balaban J connectivity index is 2.22. The predicted molar refractivity (Wildman–Crippen MR) is 135 cm³/mol. The zero-order chi connectivity index (χ0) is 24.1. The molecule has 0 saturated carbocycles. The number of aromatic nitrogens is 2. The van der Waals surface area contributed by atoms with E-state index in [4.69, 9.17) is 4.98 Å². The van der Waals surface area contributed by atoms with Crippen molar-refractivity contribution in [1.29, 1.82) is 5.26 Å². The number of nitriles is 1. The summed E-state index contributed by atoms with van der Waals surface area (Å²) in [6.45, 7) is 6.01. The Morgan fingerprint density at radius 3 is 1.65 bits per heavy atom. The van der Waals surface area contributed by atoms with E-state index in [1.165, 1.54) is 0 Å². The fourth-order valence-corrected chi connectivity index (χ4v) is 4.79. The molecule has 0 spiro atoms. The Labute approximate surface area is 202 Å². The molecule has 0 amide bonds. The first-order chi connectivity index (χ1) is 16.6. The summed E-state index contributed by atoms with van der Waals surface area (Å²) in [6.07, 6.45) is 0.730. The summed E-state index contributed by atoms with van der Waals surface area (Å²) in [5, 5.41) is 21.6. The Morgan fingerprint density at radius 2 is 1.29 bits per heavy atom. The monoisotopic (exact) mass is 449 g/mol. The van der Waals surface area contributed by atoms with Crippen LogP contribution >= 0.6 is 0 Å². The van der Waals surface area contributed by atoms with E-state index in [0.717, 1.165) is 28.9 Å². The molecular weight excluding hydrogens is 418 g/mol. The highest BCUT2D eigenvalue weighted by Crippen LogP contribution is 2.44. The summed E-state index contributed by atoms with van der Waals surface area (Å²) < 4.78 is 2.08. The van der Waals surface area contributed by atoms with Crippen LogP contribution in [0.5, 0.6) is 0 Å². The van der Waals surface area contributed by atoms with Gasteiger partial charge in [-0.15, -0.1) is 0 Å². The smallest absolute Gasteiger partial charge is 0.147 e. The van der Waals surface area contributed by atoms with Crippen molar-refractivity contribution in [2.24, 2.45) is 5.92 Å². The molecule has 0 radical (unpaired) electrons. The van der Waals surface area contributed by atoms with Crippen molar-refractivity contribution < 1.29 is 5.11 Å². The van der Waals surface area contributed by atoms with Gasteiger partial charge in [0.15, 0.2) is 0 Å². The number of aliphatic hydroxyl groups is 1. The SMILES string of the molecule is CCCc1nc(C(O)C(C)C)c(C#N)n1C(c1ccccc1)(c1ccccc1)c1ccccc1. The third kappa shape index (κ3) is 3.93. The van der Waals surface area contributed by atoms with Gasteiger partial charge in [-0.05, 0) is 29.0 Å². The summed E-state index contributed by atoms with van der Waals surface area (Å²) in [6, 6.07) is 33.3. The largest absolute Gasteiger partial charge is 0.386 e. The van der Waals surface area contributed by atoms with E-state index in [9.17, 15) is 10.4 Å². The summed E-state index contributed by atoms with van der Waals surface area (Å²) >= 11 is 0. The molecule has 0 aliphatic rings. The Morgan fingerprint density at radius 1 is 0.853 bits per heavy atom. The lowest BCUT2D eigenvalue weighted by Gasteiger charge is -2.39. The van der Waals surface area contributed by atoms with Crippen molar-refractivity contribution >= 4 is 0 Å². The average molecular weight is 450 g/mol. The molecule has 1 unspecified atom stereocenters. The van der Waals surface area contributed by atoms with Crippen molar-refractivity contribution in [2.75, 3.05) is 0 Å². The molecule has 1 aromatic heterocycles. The Kier molecular flexibility index (Phi) is 6.95. The average Bonchev–Trinajstić information content (AvgIpc) is 3.24. The number of hydrogen-bond donors (Lipinski definition) is 1. The fraction of sp³-hybridized carbons (Fsp3) is 0.267. The van der Waals surface area contributed by atoms with Gasteiger partial charge in [-0.2, -0.15) is 5.26 Å². The number of hydrogen-bond acceptors (Lipinski definition) is 3. The zero-order valence-electron chi connectivity index (χ0n) is 20.0. The molecule has 0 fully saturated rings. The molecule has 0 saturated heterocycles. The van der Waals surface area contributed by atoms with Crippen LogP contribution in [0.2, 0.25) is 0 Å². The Bertz CT molecular complexity index is 1160. The molecular formula is C30H31N3O. The molecule has 0 bridgehead atoms. The van der Waals surface area contributed by atoms with Gasteiger partial charge in [-0.25, -0.2) is 4.98 Å². The van der Waals surface area contributed by atoms with E-state index in [1.807, 2.05) is 68.4 Å². The van der Waals surface area contributed by atoms with Gasteiger partial charge >= 0.3 is 0 Å². The van der Waals surface area contributed by atoms with Gasteiger partial charge < -0.3 is 9.67 Å². The van der Waals surface area contributed by atoms with Crippen LogP contribution in [0.15, 0.2) is 91.0 Å². The van der Waals surface area contributed by atoms with Gasteiger partial charge in [-0.3, -0.25) is 0 Å². The summed E-state index contributed by atoms with van der Waals surface area (Å²) in [5.74, 6) is 0.731. The second-order valence-corrected chi connectivity index (χ2v) is 8.96. The van der Waals surface area contributed by atoms with Crippen molar-refractivity contribution in [3.63, 3.8) is 0 Å². The van der Waals surface area contributed by atoms with Crippen LogP contribution in [-0.4, -0.2) is 14.7 Å². The van der Waals surface area contributed by atoms with E-state index < -0.39 is 11.6 Å². The summed E-state index contributed by atoms with van der Waals surface area (Å²) in [4.78, 5) is 4.92. The highest BCUT2D eigenvalue weighted by molar-refractivity contribution is 5.53. The maximum absolute atomic E-state index is 11.1. The van der Waals surface area contributed by atoms with Crippen LogP contribution in [0.4, 0.5) is 0 Å². The molecule has 4 rings (SSSR count). The summed E-state index contributed by atoms with van der Waals surface area (Å²) in [7, 11) is 0. The standard InChI is InChI=1S/C30H31N3O/c1-4-14-27-32-28(29(34)22(2)3)26(21-31)33(27)30(23-15-8-5-9-16-23,24-17-10-6-11-18-24)25-19-12-7-13-20-25/h5-13,15-20,22,29,34H,4,14H2,1-3H3. The lowest BCUT2D eigenvalue weighted by atomic mass is 9.76. The fourth-order valence-electron chi connectivity index (χ4n) is 4.79. The minimum absolute atomic E-state index is 0.0653. The van der Waals surface area contributed by atoms with Gasteiger partial charge in [0, 0.05) is 6.42 Å². The third-order valence-corrected chi connectivity index (χ3v) is 6.38. The minimum atomic E-state index is -0.832. The van der Waals surface area contributed by atoms with Gasteiger partial charge in [-0.1, -0.05) is 112 Å². The first-order valence-corrected chi connectivity index (χ1v) is 11.9. The first-order valence-electron chi connectivity index (χ1n) is 11.9. The maximum Gasteiger partial charge on any atom is 0.147 e. The van der Waals surface area contributed by atoms with Crippen LogP contribution in [0.25, 0.3) is 0 Å². The lowest BCUT2D eigenvalue weighted by Crippen LogP contribution is -2.40. The highest BCUT2D eigenvalue weighted by atomic mass is 16.3. The van der Waals surface area contributed by atoms with Crippen molar-refractivity contribution in [2.45, 2.75) is 45.3 Å². The predicted octanol–water partition coefficient (Wildman–Crippen LogP) is 6.24. The molecule has 0 aliphatic heterocycles. The molecule has 4 aromatic rings. The zero-order valence-corrected chi connectivity index (χ0v) is 20.0. The maximum atomic E-state index is 11.1. The molecule has 34 heavy (non-hydrogen) atoms. The van der Waals surface area contributed by atoms with Gasteiger partial charge in [0.1, 0.15) is 34.9 Å². The van der Waals surface area contributed by atoms with E-state index in [0.29, 0.717) is 17.8 Å². The second kappa shape index (κ2) is 10.1. The van der Waals surface area contributed by atoms with Gasteiger partial charge in [0.05, 0.1) is 0 Å². The van der Waals surface area contributed by atoms with Crippen molar-refractivity contribution in [1.82, 2.24) is 9.55 Å². The van der Waals surface area contributed by atoms with Crippen molar-refractivity contribution in [3.8, 4) is 6.07 Å². The quantitative estimate of drug-likeness (QED) is 0.324. The lowest BCUT2D eigenvalue weighted by molar-refractivity contribution is 0.122. The normalized spacial score (nSPS) is 12.5. The highest BCUT2D eigenvalue weighted by Gasteiger charge is 2.43. The summed E-state index contributed by atoms with van der Waals surface area (Å²) in [5.41, 5.74) is 3.12. The molecule has 1 heterocycles. The van der Waals surface area contributed by atoms with E-state index in [2.05, 4.69) is 54.0 Å². The first kappa shape index (κ1) is 23.5. The van der Waals surface area contributed by atoms with Crippen LogP contribution in [-0.2, 0) is 12.0 Å². The second-order valence-electron chi connectivity index (χ2n) is 8.96. The Hall–Kier alpha value is -3.68. The van der Waals surface area contributed by atoms with Crippen LogP contribution in [0, 0.1) is 17.2 Å². The molecule has 0 aliphatic carbocycles. The van der Waals surface area contributed by atoms with Crippen LogP contribution in [0.3, 0.4) is 0 Å².